The molecule has 1 aliphatic heterocycles. The zero-order valence-electron chi connectivity index (χ0n) is 8.53. The highest BCUT2D eigenvalue weighted by molar-refractivity contribution is 5.69. The van der Waals surface area contributed by atoms with Crippen LogP contribution in [0.3, 0.4) is 0 Å². The van der Waals surface area contributed by atoms with Crippen LogP contribution in [0.25, 0.3) is 0 Å². The van der Waals surface area contributed by atoms with Crippen molar-refractivity contribution in [3.63, 3.8) is 0 Å². The van der Waals surface area contributed by atoms with Gasteiger partial charge in [0.25, 0.3) is 0 Å². The quantitative estimate of drug-likeness (QED) is 0.664. The fourth-order valence-electron chi connectivity index (χ4n) is 1.83. The van der Waals surface area contributed by atoms with E-state index in [4.69, 9.17) is 5.11 Å². The second-order valence-corrected chi connectivity index (χ2v) is 3.95. The minimum atomic E-state index is -0.732. The van der Waals surface area contributed by atoms with E-state index in [2.05, 4.69) is 25.8 Å². The van der Waals surface area contributed by atoms with Gasteiger partial charge < -0.3 is 5.11 Å². The van der Waals surface area contributed by atoms with Crippen LogP contribution in [0.1, 0.15) is 13.8 Å². The SMILES string of the molecule is C[C@@H]1CN(CC(=O)O)C[C@H](C)N1C. The lowest BCUT2D eigenvalue weighted by molar-refractivity contribution is -0.139. The van der Waals surface area contributed by atoms with Crippen LogP contribution in [0, 0.1) is 0 Å². The first-order chi connectivity index (χ1) is 6.00. The fraction of sp³-hybridized carbons (Fsp3) is 0.889. The van der Waals surface area contributed by atoms with E-state index in [-0.39, 0.29) is 6.54 Å². The minimum Gasteiger partial charge on any atom is -0.480 e. The highest BCUT2D eigenvalue weighted by atomic mass is 16.4. The topological polar surface area (TPSA) is 43.8 Å². The monoisotopic (exact) mass is 186 g/mol. The third kappa shape index (κ3) is 2.67. The zero-order chi connectivity index (χ0) is 10.0. The van der Waals surface area contributed by atoms with Crippen molar-refractivity contribution in [2.75, 3.05) is 26.7 Å². The second kappa shape index (κ2) is 4.07. The van der Waals surface area contributed by atoms with Gasteiger partial charge in [-0.2, -0.15) is 0 Å². The van der Waals surface area contributed by atoms with Gasteiger partial charge in [-0.15, -0.1) is 0 Å². The molecule has 0 aromatic rings. The van der Waals surface area contributed by atoms with Crippen molar-refractivity contribution in [3.8, 4) is 0 Å². The van der Waals surface area contributed by atoms with E-state index in [0.717, 1.165) is 13.1 Å². The van der Waals surface area contributed by atoms with Crippen molar-refractivity contribution in [1.29, 1.82) is 0 Å². The maximum Gasteiger partial charge on any atom is 0.317 e. The summed E-state index contributed by atoms with van der Waals surface area (Å²) in [4.78, 5) is 14.8. The number of aliphatic carboxylic acids is 1. The molecule has 0 aromatic carbocycles. The maximum atomic E-state index is 10.5. The van der Waals surface area contributed by atoms with E-state index in [9.17, 15) is 4.79 Å². The number of carbonyl (C=O) groups is 1. The van der Waals surface area contributed by atoms with Crippen LogP contribution in [0.4, 0.5) is 0 Å². The molecule has 2 atom stereocenters. The van der Waals surface area contributed by atoms with Crippen LogP contribution in [0.5, 0.6) is 0 Å². The van der Waals surface area contributed by atoms with Crippen molar-refractivity contribution in [2.24, 2.45) is 0 Å². The molecule has 1 rings (SSSR count). The van der Waals surface area contributed by atoms with Gasteiger partial charge in [-0.1, -0.05) is 0 Å². The summed E-state index contributed by atoms with van der Waals surface area (Å²) >= 11 is 0. The van der Waals surface area contributed by atoms with Crippen molar-refractivity contribution >= 4 is 5.97 Å². The van der Waals surface area contributed by atoms with Crippen LogP contribution >= 0.6 is 0 Å². The highest BCUT2D eigenvalue weighted by Crippen LogP contribution is 2.12. The Hall–Kier alpha value is -0.610. The molecule has 1 fully saturated rings. The molecular weight excluding hydrogens is 168 g/mol. The summed E-state index contributed by atoms with van der Waals surface area (Å²) in [5, 5.41) is 8.65. The molecule has 0 saturated carbocycles. The number of carboxylic acid groups (broad SMARTS) is 1. The van der Waals surface area contributed by atoms with Crippen LogP contribution in [-0.4, -0.2) is 59.6 Å². The molecule has 0 bridgehead atoms. The van der Waals surface area contributed by atoms with Crippen LogP contribution < -0.4 is 0 Å². The largest absolute Gasteiger partial charge is 0.480 e. The van der Waals surface area contributed by atoms with Gasteiger partial charge >= 0.3 is 5.97 Å². The van der Waals surface area contributed by atoms with E-state index in [1.54, 1.807) is 0 Å². The molecular formula is C9H18N2O2. The molecule has 0 radical (unpaired) electrons. The van der Waals surface area contributed by atoms with Crippen LogP contribution in [-0.2, 0) is 4.79 Å². The molecule has 1 saturated heterocycles. The van der Waals surface area contributed by atoms with E-state index in [1.807, 2.05) is 4.90 Å². The first-order valence-electron chi connectivity index (χ1n) is 4.66. The summed E-state index contributed by atoms with van der Waals surface area (Å²) in [6.07, 6.45) is 0. The van der Waals surface area contributed by atoms with Crippen LogP contribution in [0.15, 0.2) is 0 Å². The Kier molecular flexibility index (Phi) is 3.27. The maximum absolute atomic E-state index is 10.5. The number of piperazine rings is 1. The standard InChI is InChI=1S/C9H18N2O2/c1-7-4-11(6-9(12)13)5-8(2)10(7)3/h7-8H,4-6H2,1-3H3,(H,12,13)/t7-,8+. The summed E-state index contributed by atoms with van der Waals surface area (Å²) < 4.78 is 0. The van der Waals surface area contributed by atoms with E-state index < -0.39 is 5.97 Å². The van der Waals surface area contributed by atoms with Crippen molar-refractivity contribution in [3.05, 3.63) is 0 Å². The molecule has 1 heterocycles. The molecule has 76 valence electrons. The lowest BCUT2D eigenvalue weighted by Gasteiger charge is -2.41. The smallest absolute Gasteiger partial charge is 0.317 e. The molecule has 4 heteroatoms. The summed E-state index contributed by atoms with van der Waals surface area (Å²) in [5.41, 5.74) is 0. The van der Waals surface area contributed by atoms with E-state index >= 15 is 0 Å². The Bertz CT molecular complexity index is 184. The van der Waals surface area contributed by atoms with Crippen LogP contribution in [0.2, 0.25) is 0 Å². The predicted octanol–water partition coefficient (Wildman–Crippen LogP) is 0.0954. The first kappa shape index (κ1) is 10.5. The second-order valence-electron chi connectivity index (χ2n) is 3.95. The molecule has 0 unspecified atom stereocenters. The fourth-order valence-corrected chi connectivity index (χ4v) is 1.83. The molecule has 0 amide bonds. The average Bonchev–Trinajstić information content (AvgIpc) is 1.98. The number of rotatable bonds is 2. The number of carboxylic acids is 1. The normalized spacial score (nSPS) is 31.9. The summed E-state index contributed by atoms with van der Waals surface area (Å²) in [5.74, 6) is -0.732. The lowest BCUT2D eigenvalue weighted by Crippen LogP contribution is -2.55. The zero-order valence-corrected chi connectivity index (χ0v) is 8.53. The third-order valence-electron chi connectivity index (χ3n) is 2.79. The molecule has 4 nitrogen and oxygen atoms in total. The van der Waals surface area contributed by atoms with Crippen molar-refractivity contribution < 1.29 is 9.90 Å². The van der Waals surface area contributed by atoms with Gasteiger partial charge in [0.2, 0.25) is 0 Å². The van der Waals surface area contributed by atoms with Gasteiger partial charge in [0.15, 0.2) is 0 Å². The lowest BCUT2D eigenvalue weighted by atomic mass is 10.1. The molecule has 1 aliphatic rings. The molecule has 13 heavy (non-hydrogen) atoms. The Morgan fingerprint density at radius 1 is 1.38 bits per heavy atom. The molecule has 1 N–H and O–H groups in total. The summed E-state index contributed by atoms with van der Waals surface area (Å²) in [7, 11) is 2.09. The summed E-state index contributed by atoms with van der Waals surface area (Å²) in [6.45, 7) is 6.14. The van der Waals surface area contributed by atoms with Crippen molar-refractivity contribution in [1.82, 2.24) is 9.80 Å². The first-order valence-corrected chi connectivity index (χ1v) is 4.66. The Morgan fingerprint density at radius 2 is 1.85 bits per heavy atom. The predicted molar refractivity (Wildman–Crippen MR) is 50.8 cm³/mol. The number of likely N-dealkylation sites (N-methyl/N-ethyl adjacent to an activating group) is 1. The Morgan fingerprint density at radius 3 is 2.23 bits per heavy atom. The number of hydrogen-bond acceptors (Lipinski definition) is 3. The number of hydrogen-bond donors (Lipinski definition) is 1. The molecule has 0 aromatic heterocycles. The van der Waals surface area contributed by atoms with Crippen molar-refractivity contribution in [2.45, 2.75) is 25.9 Å². The average molecular weight is 186 g/mol. The molecule has 0 spiro atoms. The number of nitrogens with zero attached hydrogens (tertiary/aromatic N) is 2. The van der Waals surface area contributed by atoms with Gasteiger partial charge in [0, 0.05) is 25.2 Å². The van der Waals surface area contributed by atoms with E-state index in [0.29, 0.717) is 12.1 Å². The van der Waals surface area contributed by atoms with Gasteiger partial charge in [-0.3, -0.25) is 14.6 Å². The van der Waals surface area contributed by atoms with Gasteiger partial charge in [0.1, 0.15) is 0 Å². The van der Waals surface area contributed by atoms with E-state index in [1.165, 1.54) is 0 Å². The van der Waals surface area contributed by atoms with Gasteiger partial charge in [-0.05, 0) is 20.9 Å². The molecule has 0 aliphatic carbocycles. The third-order valence-corrected chi connectivity index (χ3v) is 2.79. The van der Waals surface area contributed by atoms with Gasteiger partial charge in [-0.25, -0.2) is 0 Å². The summed E-state index contributed by atoms with van der Waals surface area (Å²) in [6, 6.07) is 0.895. The minimum absolute atomic E-state index is 0.169. The highest BCUT2D eigenvalue weighted by Gasteiger charge is 2.27. The Balaban J connectivity index is 2.48. The Labute approximate surface area is 79.1 Å². The van der Waals surface area contributed by atoms with Gasteiger partial charge in [0.05, 0.1) is 6.54 Å².